The molecule has 0 spiro atoms. The van der Waals surface area contributed by atoms with Crippen molar-refractivity contribution < 1.29 is 39.2 Å². The summed E-state index contributed by atoms with van der Waals surface area (Å²) >= 11 is 0. The van der Waals surface area contributed by atoms with Gasteiger partial charge in [-0.25, -0.2) is 4.79 Å². The molecular formula is C11H22O8. The molecule has 0 aliphatic heterocycles. The minimum atomic E-state index is -0.991. The van der Waals surface area contributed by atoms with Crippen molar-refractivity contribution >= 4 is 24.2 Å². The number of esters is 1. The number of rotatable bonds is 2. The molecule has 114 valence electrons. The normalized spacial score (nSPS) is 8.74. The maximum absolute atomic E-state index is 10.3. The quantitative estimate of drug-likeness (QED) is 0.486. The van der Waals surface area contributed by atoms with E-state index in [9.17, 15) is 4.79 Å². The van der Waals surface area contributed by atoms with Crippen molar-refractivity contribution in [2.45, 2.75) is 40.7 Å². The van der Waals surface area contributed by atoms with Crippen LogP contribution in [0.2, 0.25) is 0 Å². The van der Waals surface area contributed by atoms with Crippen LogP contribution in [0.5, 0.6) is 0 Å². The number of aldehydes is 1. The van der Waals surface area contributed by atoms with Gasteiger partial charge < -0.3 is 24.9 Å². The maximum Gasteiger partial charge on any atom is 0.334 e. The van der Waals surface area contributed by atoms with Crippen molar-refractivity contribution in [3.8, 4) is 0 Å². The first-order valence-corrected chi connectivity index (χ1v) is 5.20. The zero-order chi connectivity index (χ0) is 16.4. The summed E-state index contributed by atoms with van der Waals surface area (Å²) in [6.07, 6.45) is -0.241. The summed E-state index contributed by atoms with van der Waals surface area (Å²) in [4.78, 5) is 37.1. The first kappa shape index (κ1) is 25.8. The molecule has 0 bridgehead atoms. The van der Waals surface area contributed by atoms with E-state index >= 15 is 0 Å². The third-order valence-electron chi connectivity index (χ3n) is 0.628. The number of carboxylic acid groups (broad SMARTS) is 2. The number of aliphatic hydroxyl groups excluding tert-OH is 1. The molecule has 0 fully saturated rings. The molecule has 0 radical (unpaired) electrons. The molecule has 1 unspecified atom stereocenters. The number of aliphatic carboxylic acids is 2. The van der Waals surface area contributed by atoms with Gasteiger partial charge >= 0.3 is 5.97 Å². The highest BCUT2D eigenvalue weighted by molar-refractivity contribution is 5.73. The summed E-state index contributed by atoms with van der Waals surface area (Å²) in [5, 5.41) is 23.3. The molecule has 0 saturated carbocycles. The molecule has 0 aliphatic carbocycles. The van der Waals surface area contributed by atoms with Crippen LogP contribution in [-0.2, 0) is 23.9 Å². The Bertz CT molecular complexity index is 227. The lowest BCUT2D eigenvalue weighted by Crippen LogP contribution is -2.18. The van der Waals surface area contributed by atoms with Gasteiger partial charge in [0.05, 0.1) is 6.61 Å². The van der Waals surface area contributed by atoms with Gasteiger partial charge in [-0.15, -0.1) is 0 Å². The van der Waals surface area contributed by atoms with E-state index in [4.69, 9.17) is 29.7 Å². The van der Waals surface area contributed by atoms with Crippen LogP contribution >= 0.6 is 0 Å². The Balaban J connectivity index is -0.0000000871. The van der Waals surface area contributed by atoms with Gasteiger partial charge in [0.1, 0.15) is 12.4 Å². The van der Waals surface area contributed by atoms with Gasteiger partial charge in [0.2, 0.25) is 0 Å². The second-order valence-corrected chi connectivity index (χ2v) is 2.70. The van der Waals surface area contributed by atoms with Crippen molar-refractivity contribution in [3.63, 3.8) is 0 Å². The number of ether oxygens (including phenoxy) is 1. The van der Waals surface area contributed by atoms with Crippen molar-refractivity contribution in [2.24, 2.45) is 0 Å². The summed E-state index contributed by atoms with van der Waals surface area (Å²) in [5.41, 5.74) is 0. The van der Waals surface area contributed by atoms with E-state index in [1.165, 1.54) is 13.8 Å². The van der Waals surface area contributed by atoms with Gasteiger partial charge in [-0.1, -0.05) is 0 Å². The highest BCUT2D eigenvalue weighted by atomic mass is 16.5. The van der Waals surface area contributed by atoms with E-state index in [1.54, 1.807) is 6.92 Å². The lowest BCUT2D eigenvalue weighted by molar-refractivity contribution is -0.152. The zero-order valence-corrected chi connectivity index (χ0v) is 11.7. The van der Waals surface area contributed by atoms with Crippen LogP contribution in [0.15, 0.2) is 0 Å². The monoisotopic (exact) mass is 282 g/mol. The minimum Gasteiger partial charge on any atom is -0.481 e. The number of carbonyl (C=O) groups is 4. The minimum absolute atomic E-state index is 0.323. The first-order chi connectivity index (χ1) is 8.56. The molecule has 0 saturated heterocycles. The Morgan fingerprint density at radius 2 is 1.37 bits per heavy atom. The summed E-state index contributed by atoms with van der Waals surface area (Å²) in [6, 6.07) is 0. The number of hydrogen-bond donors (Lipinski definition) is 3. The lowest BCUT2D eigenvalue weighted by atomic mass is 10.4. The van der Waals surface area contributed by atoms with Gasteiger partial charge in [0.25, 0.3) is 11.9 Å². The van der Waals surface area contributed by atoms with Crippen LogP contribution in [0, 0.1) is 0 Å². The summed E-state index contributed by atoms with van der Waals surface area (Å²) < 4.78 is 4.41. The number of hydrogen-bond acceptors (Lipinski definition) is 6. The Kier molecular flexibility index (Phi) is 29.0. The van der Waals surface area contributed by atoms with E-state index in [1.807, 2.05) is 0 Å². The van der Waals surface area contributed by atoms with Crippen LogP contribution in [-0.4, -0.2) is 52.2 Å². The predicted molar refractivity (Wildman–Crippen MR) is 66.7 cm³/mol. The molecule has 0 aliphatic rings. The fraction of sp³-hybridized carbons (Fsp3) is 0.636. The van der Waals surface area contributed by atoms with Gasteiger partial charge in [-0.2, -0.15) is 0 Å². The molecule has 8 nitrogen and oxygen atoms in total. The molecule has 0 rings (SSSR count). The van der Waals surface area contributed by atoms with E-state index < -0.39 is 24.0 Å². The van der Waals surface area contributed by atoms with Crippen molar-refractivity contribution in [1.82, 2.24) is 0 Å². The molecule has 0 aromatic carbocycles. The van der Waals surface area contributed by atoms with Gasteiger partial charge in [0.15, 0.2) is 0 Å². The number of aliphatic hydroxyl groups is 1. The van der Waals surface area contributed by atoms with Crippen LogP contribution in [0.25, 0.3) is 0 Å². The Hall–Kier alpha value is -1.96. The maximum atomic E-state index is 10.3. The molecule has 0 aromatic heterocycles. The lowest BCUT2D eigenvalue weighted by Gasteiger charge is -2.01. The Morgan fingerprint density at radius 3 is 1.42 bits per heavy atom. The Morgan fingerprint density at radius 1 is 1.16 bits per heavy atom. The largest absolute Gasteiger partial charge is 0.481 e. The van der Waals surface area contributed by atoms with Crippen LogP contribution in [0.4, 0.5) is 0 Å². The molecule has 0 heterocycles. The first-order valence-electron chi connectivity index (χ1n) is 5.20. The third kappa shape index (κ3) is 124. The smallest absolute Gasteiger partial charge is 0.334 e. The van der Waals surface area contributed by atoms with Crippen LogP contribution in [0.3, 0.4) is 0 Å². The van der Waals surface area contributed by atoms with Crippen molar-refractivity contribution in [3.05, 3.63) is 0 Å². The zero-order valence-electron chi connectivity index (χ0n) is 11.7. The summed E-state index contributed by atoms with van der Waals surface area (Å²) in [6.45, 7) is 7.00. The van der Waals surface area contributed by atoms with E-state index in [0.717, 1.165) is 20.1 Å². The molecule has 1 atom stereocenters. The van der Waals surface area contributed by atoms with Crippen LogP contribution < -0.4 is 0 Å². The summed E-state index contributed by atoms with van der Waals surface area (Å²) in [5.74, 6) is -2.23. The summed E-state index contributed by atoms with van der Waals surface area (Å²) in [7, 11) is 0. The number of carboxylic acids is 2. The topological polar surface area (TPSA) is 138 Å². The standard InChI is InChI=1S/C5H10O3.2C2H4O2.C2H4O/c1-3-8-5(7)4(2)6;2*1-2(3)4;1-2-3/h4,6H,3H2,1-2H3;2*1H3,(H,3,4);2H,1H3. The van der Waals surface area contributed by atoms with Crippen molar-refractivity contribution in [2.75, 3.05) is 6.61 Å². The molecule has 3 N–H and O–H groups in total. The average molecular weight is 282 g/mol. The SMILES string of the molecule is CC(=O)O.CC(=O)O.CC=O.CCOC(=O)C(C)O. The van der Waals surface area contributed by atoms with Crippen LogP contribution in [0.1, 0.15) is 34.6 Å². The predicted octanol–water partition coefficient (Wildman–Crippen LogP) is 0.317. The van der Waals surface area contributed by atoms with Gasteiger partial charge in [0, 0.05) is 13.8 Å². The molecule has 0 aromatic rings. The van der Waals surface area contributed by atoms with Gasteiger partial charge in [-0.05, 0) is 20.8 Å². The molecule has 8 heteroatoms. The fourth-order valence-electron chi connectivity index (χ4n) is 0.263. The molecule has 19 heavy (non-hydrogen) atoms. The molecular weight excluding hydrogens is 260 g/mol. The Labute approximate surface area is 112 Å². The highest BCUT2D eigenvalue weighted by Crippen LogP contribution is 1.84. The van der Waals surface area contributed by atoms with E-state index in [2.05, 4.69) is 4.74 Å². The number of carbonyl (C=O) groups excluding carboxylic acids is 2. The van der Waals surface area contributed by atoms with Gasteiger partial charge in [-0.3, -0.25) is 9.59 Å². The fourth-order valence-corrected chi connectivity index (χ4v) is 0.263. The second-order valence-electron chi connectivity index (χ2n) is 2.70. The second kappa shape index (κ2) is 21.3. The van der Waals surface area contributed by atoms with Crippen molar-refractivity contribution in [1.29, 1.82) is 0 Å². The van der Waals surface area contributed by atoms with E-state index in [0.29, 0.717) is 6.61 Å². The molecule has 0 amide bonds. The average Bonchev–Trinajstić information content (AvgIpc) is 2.17. The highest BCUT2D eigenvalue weighted by Gasteiger charge is 2.07. The third-order valence-corrected chi connectivity index (χ3v) is 0.628. The van der Waals surface area contributed by atoms with E-state index in [-0.39, 0.29) is 0 Å².